The highest BCUT2D eigenvalue weighted by Gasteiger charge is 2.13. The topological polar surface area (TPSA) is 51.2 Å². The molecule has 0 bridgehead atoms. The summed E-state index contributed by atoms with van der Waals surface area (Å²) in [7, 11) is 0. The fourth-order valence-corrected chi connectivity index (χ4v) is 2.69. The Labute approximate surface area is 153 Å². The van der Waals surface area contributed by atoms with E-state index in [2.05, 4.69) is 10.3 Å². The highest BCUT2D eigenvalue weighted by atomic mass is 16.5. The Morgan fingerprint density at radius 1 is 1.08 bits per heavy atom. The van der Waals surface area contributed by atoms with E-state index in [1.165, 1.54) is 0 Å². The molecule has 0 spiro atoms. The fourth-order valence-electron chi connectivity index (χ4n) is 2.69. The third-order valence-electron chi connectivity index (χ3n) is 4.25. The molecule has 4 heteroatoms. The van der Waals surface area contributed by atoms with Gasteiger partial charge in [-0.05, 0) is 49.2 Å². The number of nitrogens with one attached hydrogen (secondary N) is 1. The van der Waals surface area contributed by atoms with E-state index in [9.17, 15) is 4.79 Å². The van der Waals surface area contributed by atoms with Crippen LogP contribution in [0.5, 0.6) is 5.75 Å². The van der Waals surface area contributed by atoms with Gasteiger partial charge in [0.05, 0.1) is 6.04 Å². The molecule has 4 nitrogen and oxygen atoms in total. The molecule has 1 unspecified atom stereocenters. The van der Waals surface area contributed by atoms with Crippen LogP contribution in [-0.4, -0.2) is 10.9 Å². The largest absolute Gasteiger partial charge is 0.489 e. The molecule has 1 amide bonds. The second-order valence-electron chi connectivity index (χ2n) is 6.23. The van der Waals surface area contributed by atoms with Crippen LogP contribution in [0.3, 0.4) is 0 Å². The Balaban J connectivity index is 1.59. The van der Waals surface area contributed by atoms with Crippen LogP contribution in [0.15, 0.2) is 73.1 Å². The molecule has 132 valence electrons. The highest BCUT2D eigenvalue weighted by molar-refractivity contribution is 5.95. The van der Waals surface area contributed by atoms with Crippen molar-refractivity contribution in [3.8, 4) is 5.75 Å². The third-order valence-corrected chi connectivity index (χ3v) is 4.25. The average Bonchev–Trinajstić information content (AvgIpc) is 2.68. The van der Waals surface area contributed by atoms with Gasteiger partial charge in [0.2, 0.25) is 0 Å². The molecule has 0 saturated heterocycles. The second kappa shape index (κ2) is 8.30. The summed E-state index contributed by atoms with van der Waals surface area (Å²) in [5.74, 6) is 0.725. The molecule has 1 atom stereocenters. The van der Waals surface area contributed by atoms with Gasteiger partial charge in [-0.1, -0.05) is 36.4 Å². The molecule has 26 heavy (non-hydrogen) atoms. The molecular weight excluding hydrogens is 324 g/mol. The Morgan fingerprint density at radius 3 is 2.54 bits per heavy atom. The van der Waals surface area contributed by atoms with Gasteiger partial charge < -0.3 is 10.1 Å². The summed E-state index contributed by atoms with van der Waals surface area (Å²) in [6, 6.07) is 19.1. The molecule has 1 aromatic heterocycles. The van der Waals surface area contributed by atoms with Crippen LogP contribution in [0.25, 0.3) is 0 Å². The van der Waals surface area contributed by atoms with Gasteiger partial charge in [-0.25, -0.2) is 0 Å². The van der Waals surface area contributed by atoms with Crippen molar-refractivity contribution in [3.63, 3.8) is 0 Å². The predicted octanol–water partition coefficient (Wildman–Crippen LogP) is 4.46. The zero-order valence-corrected chi connectivity index (χ0v) is 15.0. The van der Waals surface area contributed by atoms with Crippen molar-refractivity contribution in [2.45, 2.75) is 26.5 Å². The Hall–Kier alpha value is -3.14. The predicted molar refractivity (Wildman–Crippen MR) is 102 cm³/mol. The normalized spacial score (nSPS) is 11.6. The lowest BCUT2D eigenvalue weighted by atomic mass is 10.1. The molecule has 1 heterocycles. The van der Waals surface area contributed by atoms with Crippen LogP contribution >= 0.6 is 0 Å². The molecule has 3 aromatic rings. The van der Waals surface area contributed by atoms with Crippen molar-refractivity contribution in [1.82, 2.24) is 10.3 Å². The number of rotatable bonds is 6. The standard InChI is InChI=1S/C22H22N2O2/c1-16-6-3-4-8-21(16)22(25)24-17(2)19-9-11-20(12-10-19)26-15-18-7-5-13-23-14-18/h3-14,17H,15H2,1-2H3,(H,24,25). The number of ether oxygens (including phenoxy) is 1. The number of carbonyl (C=O) groups excluding carboxylic acids is 1. The first-order chi connectivity index (χ1) is 12.6. The van der Waals surface area contributed by atoms with Crippen LogP contribution in [0.2, 0.25) is 0 Å². The van der Waals surface area contributed by atoms with E-state index in [-0.39, 0.29) is 11.9 Å². The van der Waals surface area contributed by atoms with Crippen molar-refractivity contribution in [3.05, 3.63) is 95.3 Å². The zero-order chi connectivity index (χ0) is 18.4. The molecule has 0 aliphatic heterocycles. The average molecular weight is 346 g/mol. The quantitative estimate of drug-likeness (QED) is 0.717. The van der Waals surface area contributed by atoms with Gasteiger partial charge in [-0.2, -0.15) is 0 Å². The minimum atomic E-state index is -0.0884. The number of carbonyl (C=O) groups is 1. The molecular formula is C22H22N2O2. The molecule has 2 aromatic carbocycles. The first-order valence-electron chi connectivity index (χ1n) is 8.61. The van der Waals surface area contributed by atoms with E-state index in [0.29, 0.717) is 12.2 Å². The van der Waals surface area contributed by atoms with E-state index < -0.39 is 0 Å². The monoisotopic (exact) mass is 346 g/mol. The van der Waals surface area contributed by atoms with Crippen LogP contribution in [-0.2, 0) is 6.61 Å². The molecule has 0 saturated carbocycles. The lowest BCUT2D eigenvalue weighted by Crippen LogP contribution is -2.27. The van der Waals surface area contributed by atoms with Gasteiger partial charge in [-0.15, -0.1) is 0 Å². The molecule has 0 radical (unpaired) electrons. The van der Waals surface area contributed by atoms with Gasteiger partial charge >= 0.3 is 0 Å². The summed E-state index contributed by atoms with van der Waals surface area (Å²) in [4.78, 5) is 16.5. The number of aromatic nitrogens is 1. The molecule has 0 aliphatic carbocycles. The maximum atomic E-state index is 12.4. The molecule has 1 N–H and O–H groups in total. The number of pyridine rings is 1. The number of hydrogen-bond donors (Lipinski definition) is 1. The number of amides is 1. The number of nitrogens with zero attached hydrogens (tertiary/aromatic N) is 1. The van der Waals surface area contributed by atoms with E-state index in [4.69, 9.17) is 4.74 Å². The summed E-state index contributed by atoms with van der Waals surface area (Å²) in [5.41, 5.74) is 3.73. The number of hydrogen-bond acceptors (Lipinski definition) is 3. The first kappa shape index (κ1) is 17.7. The third kappa shape index (κ3) is 4.48. The van der Waals surface area contributed by atoms with Crippen molar-refractivity contribution in [1.29, 1.82) is 0 Å². The van der Waals surface area contributed by atoms with E-state index in [1.54, 1.807) is 12.4 Å². The molecule has 0 fully saturated rings. The summed E-state index contributed by atoms with van der Waals surface area (Å²) in [6.45, 7) is 4.39. The number of aryl methyl sites for hydroxylation is 1. The smallest absolute Gasteiger partial charge is 0.252 e. The van der Waals surface area contributed by atoms with Crippen LogP contribution < -0.4 is 10.1 Å². The van der Waals surface area contributed by atoms with Gasteiger partial charge in [0.1, 0.15) is 12.4 Å². The lowest BCUT2D eigenvalue weighted by molar-refractivity contribution is 0.0939. The molecule has 3 rings (SSSR count). The van der Waals surface area contributed by atoms with Crippen LogP contribution in [0.4, 0.5) is 0 Å². The van der Waals surface area contributed by atoms with E-state index in [0.717, 1.165) is 22.4 Å². The van der Waals surface area contributed by atoms with Gasteiger partial charge in [0.15, 0.2) is 0 Å². The fraction of sp³-hybridized carbons (Fsp3) is 0.182. The van der Waals surface area contributed by atoms with E-state index in [1.807, 2.05) is 74.5 Å². The first-order valence-corrected chi connectivity index (χ1v) is 8.61. The SMILES string of the molecule is Cc1ccccc1C(=O)NC(C)c1ccc(OCc2cccnc2)cc1. The van der Waals surface area contributed by atoms with Gasteiger partial charge in [0, 0.05) is 23.5 Å². The Morgan fingerprint density at radius 2 is 1.85 bits per heavy atom. The summed E-state index contributed by atoms with van der Waals surface area (Å²) >= 11 is 0. The minimum absolute atomic E-state index is 0.0625. The van der Waals surface area contributed by atoms with E-state index >= 15 is 0 Å². The van der Waals surface area contributed by atoms with Gasteiger partial charge in [0.25, 0.3) is 5.91 Å². The summed E-state index contributed by atoms with van der Waals surface area (Å²) < 4.78 is 5.77. The maximum absolute atomic E-state index is 12.4. The summed E-state index contributed by atoms with van der Waals surface area (Å²) in [6.07, 6.45) is 3.53. The Bertz CT molecular complexity index is 861. The number of benzene rings is 2. The van der Waals surface area contributed by atoms with Crippen molar-refractivity contribution in [2.24, 2.45) is 0 Å². The molecule has 0 aliphatic rings. The van der Waals surface area contributed by atoms with Crippen molar-refractivity contribution < 1.29 is 9.53 Å². The second-order valence-corrected chi connectivity index (χ2v) is 6.23. The zero-order valence-electron chi connectivity index (χ0n) is 15.0. The van der Waals surface area contributed by atoms with Gasteiger partial charge in [-0.3, -0.25) is 9.78 Å². The summed E-state index contributed by atoms with van der Waals surface area (Å²) in [5, 5.41) is 3.04. The van der Waals surface area contributed by atoms with Crippen molar-refractivity contribution >= 4 is 5.91 Å². The van der Waals surface area contributed by atoms with Crippen LogP contribution in [0, 0.1) is 6.92 Å². The highest BCUT2D eigenvalue weighted by Crippen LogP contribution is 2.19. The van der Waals surface area contributed by atoms with Crippen LogP contribution in [0.1, 0.15) is 40.0 Å². The van der Waals surface area contributed by atoms with Crippen molar-refractivity contribution in [2.75, 3.05) is 0 Å². The maximum Gasteiger partial charge on any atom is 0.252 e. The Kier molecular flexibility index (Phi) is 5.64. The minimum Gasteiger partial charge on any atom is -0.489 e. The lowest BCUT2D eigenvalue weighted by Gasteiger charge is -2.16.